The number of rotatable bonds is 5. The number of hydrogen-bond acceptors (Lipinski definition) is 3. The largest absolute Gasteiger partial charge is 0.497 e. The minimum absolute atomic E-state index is 0.108. The highest BCUT2D eigenvalue weighted by Gasteiger charge is 2.20. The van der Waals surface area contributed by atoms with E-state index in [9.17, 15) is 4.79 Å². The number of methoxy groups -OCH3 is 1. The highest BCUT2D eigenvalue weighted by Crippen LogP contribution is 2.19. The van der Waals surface area contributed by atoms with Gasteiger partial charge in [0.25, 0.3) is 0 Å². The number of carbonyl (C=O) groups excluding carboxylic acids is 1. The highest BCUT2D eigenvalue weighted by atomic mass is 16.5. The fourth-order valence-corrected chi connectivity index (χ4v) is 1.65. The molecule has 0 aliphatic rings. The van der Waals surface area contributed by atoms with Gasteiger partial charge in [0.2, 0.25) is 0 Å². The Balaban J connectivity index is 2.83. The van der Waals surface area contributed by atoms with Gasteiger partial charge in [0.05, 0.1) is 13.2 Å². The third-order valence-corrected chi connectivity index (χ3v) is 2.55. The number of carbonyl (C=O) groups is 1. The SMILES string of the molecule is COc1ccc(C(=O)C(C#N)CC(C)C)cc1. The number of nitriles is 1. The first kappa shape index (κ1) is 13.2. The van der Waals surface area contributed by atoms with Crippen LogP contribution in [0.1, 0.15) is 30.6 Å². The van der Waals surface area contributed by atoms with Crippen LogP contribution in [0.5, 0.6) is 5.75 Å². The number of ketones is 1. The summed E-state index contributed by atoms with van der Waals surface area (Å²) in [4.78, 5) is 12.0. The van der Waals surface area contributed by atoms with E-state index in [4.69, 9.17) is 10.00 Å². The molecule has 1 rings (SSSR count). The van der Waals surface area contributed by atoms with Gasteiger partial charge in [-0.1, -0.05) is 13.8 Å². The Morgan fingerprint density at radius 1 is 1.35 bits per heavy atom. The molecule has 0 fully saturated rings. The Labute approximate surface area is 102 Å². The van der Waals surface area contributed by atoms with Crippen molar-refractivity contribution in [1.29, 1.82) is 5.26 Å². The van der Waals surface area contributed by atoms with Crippen LogP contribution in [0, 0.1) is 23.2 Å². The molecule has 90 valence electrons. The van der Waals surface area contributed by atoms with Crippen LogP contribution in [-0.2, 0) is 0 Å². The predicted molar refractivity (Wildman–Crippen MR) is 65.9 cm³/mol. The van der Waals surface area contributed by atoms with Crippen molar-refractivity contribution in [2.75, 3.05) is 7.11 Å². The van der Waals surface area contributed by atoms with Gasteiger partial charge in [0.1, 0.15) is 11.7 Å². The molecule has 3 nitrogen and oxygen atoms in total. The van der Waals surface area contributed by atoms with E-state index in [0.717, 1.165) is 0 Å². The first-order valence-electron chi connectivity index (χ1n) is 5.66. The van der Waals surface area contributed by atoms with Gasteiger partial charge in [-0.2, -0.15) is 5.26 Å². The maximum Gasteiger partial charge on any atom is 0.179 e. The number of Topliss-reactive ketones (excluding diaryl/α,β-unsaturated/α-hetero) is 1. The maximum absolute atomic E-state index is 12.0. The Hall–Kier alpha value is -1.82. The van der Waals surface area contributed by atoms with Gasteiger partial charge in [-0.05, 0) is 36.6 Å². The van der Waals surface area contributed by atoms with Crippen LogP contribution < -0.4 is 4.74 Å². The summed E-state index contributed by atoms with van der Waals surface area (Å²) in [5.74, 6) is 0.382. The molecule has 1 aromatic rings. The molecular formula is C14H17NO2. The molecule has 0 saturated carbocycles. The monoisotopic (exact) mass is 231 g/mol. The van der Waals surface area contributed by atoms with Gasteiger partial charge in [-0.25, -0.2) is 0 Å². The second-order valence-corrected chi connectivity index (χ2v) is 4.40. The molecule has 0 amide bonds. The first-order valence-corrected chi connectivity index (χ1v) is 5.66. The topological polar surface area (TPSA) is 50.1 Å². The quantitative estimate of drug-likeness (QED) is 0.732. The van der Waals surface area contributed by atoms with E-state index in [-0.39, 0.29) is 5.78 Å². The summed E-state index contributed by atoms with van der Waals surface area (Å²) in [7, 11) is 1.58. The first-order chi connectivity index (χ1) is 8.08. The Morgan fingerprint density at radius 3 is 2.35 bits per heavy atom. The summed E-state index contributed by atoms with van der Waals surface area (Å²) < 4.78 is 5.02. The molecule has 0 saturated heterocycles. The lowest BCUT2D eigenvalue weighted by Gasteiger charge is -2.10. The van der Waals surface area contributed by atoms with Gasteiger partial charge in [-0.15, -0.1) is 0 Å². The lowest BCUT2D eigenvalue weighted by atomic mass is 9.91. The average Bonchev–Trinajstić information content (AvgIpc) is 2.35. The van der Waals surface area contributed by atoms with Gasteiger partial charge >= 0.3 is 0 Å². The molecule has 0 bridgehead atoms. The summed E-state index contributed by atoms with van der Waals surface area (Å²) in [6.45, 7) is 4.01. The molecule has 0 radical (unpaired) electrons. The van der Waals surface area contributed by atoms with Crippen molar-refractivity contribution in [2.45, 2.75) is 20.3 Å². The Morgan fingerprint density at radius 2 is 1.94 bits per heavy atom. The van der Waals surface area contributed by atoms with Gasteiger partial charge in [0, 0.05) is 5.56 Å². The van der Waals surface area contributed by atoms with E-state index in [0.29, 0.717) is 23.7 Å². The Kier molecular flexibility index (Phi) is 4.71. The van der Waals surface area contributed by atoms with E-state index >= 15 is 0 Å². The van der Waals surface area contributed by atoms with Crippen LogP contribution in [-0.4, -0.2) is 12.9 Å². The molecule has 3 heteroatoms. The third kappa shape index (κ3) is 3.60. The molecule has 0 heterocycles. The second-order valence-electron chi connectivity index (χ2n) is 4.40. The minimum Gasteiger partial charge on any atom is -0.497 e. The van der Waals surface area contributed by atoms with Gasteiger partial charge in [0.15, 0.2) is 5.78 Å². The van der Waals surface area contributed by atoms with Crippen molar-refractivity contribution in [2.24, 2.45) is 11.8 Å². The zero-order valence-electron chi connectivity index (χ0n) is 10.4. The molecular weight excluding hydrogens is 214 g/mol. The van der Waals surface area contributed by atoms with Crippen LogP contribution >= 0.6 is 0 Å². The predicted octanol–water partition coefficient (Wildman–Crippen LogP) is 3.06. The van der Waals surface area contributed by atoms with E-state index in [1.54, 1.807) is 31.4 Å². The van der Waals surface area contributed by atoms with Gasteiger partial charge < -0.3 is 4.74 Å². The zero-order chi connectivity index (χ0) is 12.8. The fraction of sp³-hybridized carbons (Fsp3) is 0.429. The van der Waals surface area contributed by atoms with Crippen molar-refractivity contribution in [3.63, 3.8) is 0 Å². The molecule has 17 heavy (non-hydrogen) atoms. The van der Waals surface area contributed by atoms with E-state index in [1.165, 1.54) is 0 Å². The van der Waals surface area contributed by atoms with Crippen molar-refractivity contribution in [3.05, 3.63) is 29.8 Å². The van der Waals surface area contributed by atoms with Crippen LogP contribution in [0.3, 0.4) is 0 Å². The average molecular weight is 231 g/mol. The van der Waals surface area contributed by atoms with Crippen molar-refractivity contribution in [1.82, 2.24) is 0 Å². The summed E-state index contributed by atoms with van der Waals surface area (Å²) in [5, 5.41) is 9.01. The smallest absolute Gasteiger partial charge is 0.179 e. The summed E-state index contributed by atoms with van der Waals surface area (Å²) in [6.07, 6.45) is 0.599. The van der Waals surface area contributed by atoms with Crippen molar-refractivity contribution < 1.29 is 9.53 Å². The van der Waals surface area contributed by atoms with Gasteiger partial charge in [-0.3, -0.25) is 4.79 Å². The summed E-state index contributed by atoms with van der Waals surface area (Å²) in [6, 6.07) is 8.95. The zero-order valence-corrected chi connectivity index (χ0v) is 10.4. The highest BCUT2D eigenvalue weighted by molar-refractivity contribution is 5.99. The molecule has 0 aromatic heterocycles. The normalized spacial score (nSPS) is 11.9. The van der Waals surface area contributed by atoms with Crippen molar-refractivity contribution in [3.8, 4) is 11.8 Å². The molecule has 0 aliphatic heterocycles. The van der Waals surface area contributed by atoms with E-state index in [2.05, 4.69) is 6.07 Å². The number of ether oxygens (including phenoxy) is 1. The minimum atomic E-state index is -0.552. The maximum atomic E-state index is 12.0. The molecule has 0 aliphatic carbocycles. The number of benzene rings is 1. The van der Waals surface area contributed by atoms with E-state index < -0.39 is 5.92 Å². The van der Waals surface area contributed by atoms with Crippen LogP contribution in [0.15, 0.2) is 24.3 Å². The summed E-state index contributed by atoms with van der Waals surface area (Å²) >= 11 is 0. The molecule has 1 unspecified atom stereocenters. The van der Waals surface area contributed by atoms with E-state index in [1.807, 2.05) is 13.8 Å². The lowest BCUT2D eigenvalue weighted by molar-refractivity contribution is 0.0937. The number of nitrogens with zero attached hydrogens (tertiary/aromatic N) is 1. The molecule has 0 N–H and O–H groups in total. The fourth-order valence-electron chi connectivity index (χ4n) is 1.65. The lowest BCUT2D eigenvalue weighted by Crippen LogP contribution is -2.15. The number of hydrogen-bond donors (Lipinski definition) is 0. The van der Waals surface area contributed by atoms with Crippen LogP contribution in [0.25, 0.3) is 0 Å². The third-order valence-electron chi connectivity index (χ3n) is 2.55. The molecule has 1 atom stereocenters. The molecule has 1 aromatic carbocycles. The summed E-state index contributed by atoms with van der Waals surface area (Å²) in [5.41, 5.74) is 0.568. The molecule has 0 spiro atoms. The van der Waals surface area contributed by atoms with Crippen LogP contribution in [0.2, 0.25) is 0 Å². The second kappa shape index (κ2) is 6.05. The Bertz CT molecular complexity index is 415. The van der Waals surface area contributed by atoms with Crippen molar-refractivity contribution >= 4 is 5.78 Å². The van der Waals surface area contributed by atoms with Crippen LogP contribution in [0.4, 0.5) is 0 Å². The standard InChI is InChI=1S/C14H17NO2/c1-10(2)8-12(9-15)14(16)11-4-6-13(17-3)7-5-11/h4-7,10,12H,8H2,1-3H3.